The first kappa shape index (κ1) is 21.7. The van der Waals surface area contributed by atoms with E-state index in [0.29, 0.717) is 41.8 Å². The standard InChI is InChI=1S/C25H24ClN3O3/c26-22-13-12-20(16-23(22)27-24(30)18-32-21-10-5-2-6-11-21)29-15-7-14-28(25(29)31)17-19-8-3-1-4-9-19/h1-6,8-13,16H,7,14-15,17-18H2,(H,27,30). The molecule has 3 amide bonds. The number of benzene rings is 3. The second-order valence-electron chi connectivity index (χ2n) is 7.51. The van der Waals surface area contributed by atoms with Crippen LogP contribution in [-0.2, 0) is 11.3 Å². The number of hydrogen-bond donors (Lipinski definition) is 1. The number of nitrogens with zero attached hydrogens (tertiary/aromatic N) is 2. The summed E-state index contributed by atoms with van der Waals surface area (Å²) < 4.78 is 5.49. The molecule has 32 heavy (non-hydrogen) atoms. The monoisotopic (exact) mass is 449 g/mol. The zero-order chi connectivity index (χ0) is 22.3. The predicted molar refractivity (Wildman–Crippen MR) is 126 cm³/mol. The van der Waals surface area contributed by atoms with Crippen molar-refractivity contribution >= 4 is 34.9 Å². The first-order valence-corrected chi connectivity index (χ1v) is 10.9. The van der Waals surface area contributed by atoms with Crippen LogP contribution in [0.15, 0.2) is 78.9 Å². The lowest BCUT2D eigenvalue weighted by molar-refractivity contribution is -0.118. The van der Waals surface area contributed by atoms with Gasteiger partial charge < -0.3 is 15.0 Å². The molecule has 164 valence electrons. The van der Waals surface area contributed by atoms with Crippen LogP contribution < -0.4 is 15.0 Å². The third kappa shape index (κ3) is 5.39. The zero-order valence-electron chi connectivity index (χ0n) is 17.5. The molecule has 0 atom stereocenters. The summed E-state index contributed by atoms with van der Waals surface area (Å²) in [6.07, 6.45) is 0.855. The number of para-hydroxylation sites is 1. The molecule has 0 spiro atoms. The van der Waals surface area contributed by atoms with E-state index < -0.39 is 0 Å². The molecule has 3 aromatic carbocycles. The molecule has 0 aromatic heterocycles. The Balaban J connectivity index is 1.43. The lowest BCUT2D eigenvalue weighted by Gasteiger charge is -2.36. The molecule has 1 aliphatic rings. The highest BCUT2D eigenvalue weighted by molar-refractivity contribution is 6.33. The van der Waals surface area contributed by atoms with Crippen LogP contribution in [0.1, 0.15) is 12.0 Å². The molecule has 0 radical (unpaired) electrons. The van der Waals surface area contributed by atoms with E-state index in [9.17, 15) is 9.59 Å². The Morgan fingerprint density at radius 3 is 2.44 bits per heavy atom. The molecule has 1 N–H and O–H groups in total. The number of halogens is 1. The SMILES string of the molecule is O=C(COc1ccccc1)Nc1cc(N2CCCN(Cc3ccccc3)C2=O)ccc1Cl. The lowest BCUT2D eigenvalue weighted by Crippen LogP contribution is -2.49. The third-order valence-electron chi connectivity index (χ3n) is 5.18. The Labute approximate surface area is 192 Å². The quantitative estimate of drug-likeness (QED) is 0.540. The van der Waals surface area contributed by atoms with Gasteiger partial charge in [-0.05, 0) is 42.3 Å². The first-order valence-electron chi connectivity index (χ1n) is 10.5. The minimum Gasteiger partial charge on any atom is -0.484 e. The molecular formula is C25H24ClN3O3. The van der Waals surface area contributed by atoms with Crippen LogP contribution in [-0.4, -0.2) is 36.5 Å². The first-order chi connectivity index (χ1) is 15.6. The van der Waals surface area contributed by atoms with E-state index in [1.54, 1.807) is 35.2 Å². The van der Waals surface area contributed by atoms with Crippen molar-refractivity contribution in [3.05, 3.63) is 89.4 Å². The van der Waals surface area contributed by atoms with Gasteiger partial charge in [-0.3, -0.25) is 9.69 Å². The number of nitrogens with one attached hydrogen (secondary N) is 1. The summed E-state index contributed by atoms with van der Waals surface area (Å²) in [5.74, 6) is 0.281. The van der Waals surface area contributed by atoms with Gasteiger partial charge in [0.2, 0.25) is 0 Å². The topological polar surface area (TPSA) is 61.9 Å². The van der Waals surface area contributed by atoms with Crippen LogP contribution in [0.4, 0.5) is 16.2 Å². The van der Waals surface area contributed by atoms with Crippen LogP contribution >= 0.6 is 11.6 Å². The number of amides is 3. The van der Waals surface area contributed by atoms with E-state index in [-0.39, 0.29) is 18.5 Å². The van der Waals surface area contributed by atoms with Gasteiger partial charge in [0, 0.05) is 25.3 Å². The van der Waals surface area contributed by atoms with Crippen LogP contribution in [0.5, 0.6) is 5.75 Å². The third-order valence-corrected chi connectivity index (χ3v) is 5.51. The van der Waals surface area contributed by atoms with Crippen molar-refractivity contribution in [2.75, 3.05) is 29.9 Å². The van der Waals surface area contributed by atoms with Gasteiger partial charge in [-0.2, -0.15) is 0 Å². The average molecular weight is 450 g/mol. The Hall–Kier alpha value is -3.51. The van der Waals surface area contributed by atoms with Crippen molar-refractivity contribution in [1.29, 1.82) is 0 Å². The highest BCUT2D eigenvalue weighted by Gasteiger charge is 2.27. The minimum atomic E-state index is -0.330. The molecule has 3 aromatic rings. The fourth-order valence-corrected chi connectivity index (χ4v) is 3.77. The van der Waals surface area contributed by atoms with E-state index in [1.165, 1.54) is 0 Å². The summed E-state index contributed by atoms with van der Waals surface area (Å²) in [7, 11) is 0. The Morgan fingerprint density at radius 1 is 0.969 bits per heavy atom. The summed E-state index contributed by atoms with van der Waals surface area (Å²) in [6.45, 7) is 1.73. The number of urea groups is 1. The molecule has 1 aliphatic heterocycles. The summed E-state index contributed by atoms with van der Waals surface area (Å²) in [4.78, 5) is 29.0. The molecule has 1 fully saturated rings. The maximum atomic E-state index is 13.1. The van der Waals surface area contributed by atoms with Crippen LogP contribution in [0.2, 0.25) is 5.02 Å². The molecule has 0 saturated carbocycles. The van der Waals surface area contributed by atoms with Gasteiger partial charge in [0.1, 0.15) is 5.75 Å². The second kappa shape index (κ2) is 10.2. The molecular weight excluding hydrogens is 426 g/mol. The Morgan fingerprint density at radius 2 is 1.69 bits per heavy atom. The van der Waals surface area contributed by atoms with Crippen molar-refractivity contribution in [2.24, 2.45) is 0 Å². The van der Waals surface area contributed by atoms with Gasteiger partial charge in [0.25, 0.3) is 5.91 Å². The van der Waals surface area contributed by atoms with Gasteiger partial charge in [-0.1, -0.05) is 60.1 Å². The highest BCUT2D eigenvalue weighted by Crippen LogP contribution is 2.30. The van der Waals surface area contributed by atoms with E-state index in [4.69, 9.17) is 16.3 Å². The molecule has 0 unspecified atom stereocenters. The van der Waals surface area contributed by atoms with Crippen molar-refractivity contribution in [3.8, 4) is 5.75 Å². The Kier molecular flexibility index (Phi) is 6.92. The van der Waals surface area contributed by atoms with E-state index >= 15 is 0 Å². The largest absolute Gasteiger partial charge is 0.484 e. The van der Waals surface area contributed by atoms with Crippen LogP contribution in [0, 0.1) is 0 Å². The summed E-state index contributed by atoms with van der Waals surface area (Å²) >= 11 is 6.30. The second-order valence-corrected chi connectivity index (χ2v) is 7.92. The van der Waals surface area contributed by atoms with Crippen molar-refractivity contribution < 1.29 is 14.3 Å². The number of carbonyl (C=O) groups excluding carboxylic acids is 2. The maximum absolute atomic E-state index is 13.1. The van der Waals surface area contributed by atoms with Crippen LogP contribution in [0.3, 0.4) is 0 Å². The number of anilines is 2. The molecule has 7 heteroatoms. The lowest BCUT2D eigenvalue weighted by atomic mass is 10.1. The number of rotatable bonds is 7. The summed E-state index contributed by atoms with van der Waals surface area (Å²) in [5.41, 5.74) is 2.22. The molecule has 0 bridgehead atoms. The fraction of sp³-hybridized carbons (Fsp3) is 0.200. The zero-order valence-corrected chi connectivity index (χ0v) is 18.3. The molecule has 1 saturated heterocycles. The van der Waals surface area contributed by atoms with Crippen molar-refractivity contribution in [3.63, 3.8) is 0 Å². The summed E-state index contributed by atoms with van der Waals surface area (Å²) in [5, 5.41) is 3.17. The highest BCUT2D eigenvalue weighted by atomic mass is 35.5. The van der Waals surface area contributed by atoms with E-state index in [1.807, 2.05) is 53.4 Å². The number of ether oxygens (including phenoxy) is 1. The van der Waals surface area contributed by atoms with Gasteiger partial charge in [0.15, 0.2) is 6.61 Å². The van der Waals surface area contributed by atoms with E-state index in [0.717, 1.165) is 12.0 Å². The molecule has 4 rings (SSSR count). The van der Waals surface area contributed by atoms with E-state index in [2.05, 4.69) is 5.32 Å². The molecule has 0 aliphatic carbocycles. The number of carbonyl (C=O) groups is 2. The fourth-order valence-electron chi connectivity index (χ4n) is 3.60. The predicted octanol–water partition coefficient (Wildman–Crippen LogP) is 5.19. The molecule has 6 nitrogen and oxygen atoms in total. The normalized spacial score (nSPS) is 13.7. The Bertz CT molecular complexity index is 1080. The van der Waals surface area contributed by atoms with Crippen molar-refractivity contribution in [1.82, 2.24) is 4.90 Å². The maximum Gasteiger partial charge on any atom is 0.324 e. The number of hydrogen-bond acceptors (Lipinski definition) is 3. The van der Waals surface area contributed by atoms with Crippen LogP contribution in [0.25, 0.3) is 0 Å². The van der Waals surface area contributed by atoms with Gasteiger partial charge >= 0.3 is 6.03 Å². The smallest absolute Gasteiger partial charge is 0.324 e. The van der Waals surface area contributed by atoms with Gasteiger partial charge in [-0.15, -0.1) is 0 Å². The summed E-state index contributed by atoms with van der Waals surface area (Å²) in [6, 6.07) is 24.2. The average Bonchev–Trinajstić information content (AvgIpc) is 2.82. The van der Waals surface area contributed by atoms with Gasteiger partial charge in [-0.25, -0.2) is 4.79 Å². The molecule has 1 heterocycles. The minimum absolute atomic E-state index is 0.0629. The van der Waals surface area contributed by atoms with Crippen molar-refractivity contribution in [2.45, 2.75) is 13.0 Å². The van der Waals surface area contributed by atoms with Gasteiger partial charge in [0.05, 0.1) is 10.7 Å².